The van der Waals surface area contributed by atoms with Crippen molar-refractivity contribution in [2.45, 2.75) is 18.4 Å². The topological polar surface area (TPSA) is 98.5 Å². The molecule has 0 fully saturated rings. The monoisotopic (exact) mass is 386 g/mol. The lowest BCUT2D eigenvalue weighted by Crippen LogP contribution is -2.08. The van der Waals surface area contributed by atoms with E-state index in [9.17, 15) is 17.8 Å². The smallest absolute Gasteiger partial charge is 0.341 e. The zero-order chi connectivity index (χ0) is 19.4. The SMILES string of the molecule is CCOC(=O)c1cn(Cc2ccccc2S(=O)(=O)O)nc1-c1ccccc1. The van der Waals surface area contributed by atoms with E-state index in [0.717, 1.165) is 5.56 Å². The quantitative estimate of drug-likeness (QED) is 0.516. The fourth-order valence-corrected chi connectivity index (χ4v) is 3.44. The fraction of sp³-hybridized carbons (Fsp3) is 0.158. The number of ether oxygens (including phenoxy) is 1. The summed E-state index contributed by atoms with van der Waals surface area (Å²) >= 11 is 0. The Labute approximate surface area is 157 Å². The number of benzene rings is 2. The normalized spacial score (nSPS) is 11.3. The number of carbonyl (C=O) groups excluding carboxylic acids is 1. The maximum absolute atomic E-state index is 12.3. The number of aromatic nitrogens is 2. The van der Waals surface area contributed by atoms with Gasteiger partial charge in [-0.1, -0.05) is 48.5 Å². The molecule has 0 unspecified atom stereocenters. The number of hydrogen-bond donors (Lipinski definition) is 1. The Hall–Kier alpha value is -2.97. The van der Waals surface area contributed by atoms with Crippen LogP contribution in [0.1, 0.15) is 22.8 Å². The molecule has 0 bridgehead atoms. The van der Waals surface area contributed by atoms with Crippen LogP contribution in [0.5, 0.6) is 0 Å². The molecule has 140 valence electrons. The molecule has 0 spiro atoms. The predicted molar refractivity (Wildman–Crippen MR) is 99.0 cm³/mol. The summed E-state index contributed by atoms with van der Waals surface area (Å²) in [5.41, 5.74) is 1.82. The highest BCUT2D eigenvalue weighted by atomic mass is 32.2. The average Bonchev–Trinajstić information content (AvgIpc) is 3.06. The van der Waals surface area contributed by atoms with E-state index in [1.807, 2.05) is 30.3 Å². The lowest BCUT2D eigenvalue weighted by Gasteiger charge is -2.07. The molecule has 2 aromatic carbocycles. The van der Waals surface area contributed by atoms with Crippen molar-refractivity contribution in [1.29, 1.82) is 0 Å². The van der Waals surface area contributed by atoms with E-state index < -0.39 is 16.1 Å². The summed E-state index contributed by atoms with van der Waals surface area (Å²) in [7, 11) is -4.37. The molecule has 1 aromatic heterocycles. The number of nitrogens with zero attached hydrogens (tertiary/aromatic N) is 2. The molecule has 0 saturated carbocycles. The van der Waals surface area contributed by atoms with Crippen LogP contribution in [-0.2, 0) is 21.4 Å². The van der Waals surface area contributed by atoms with Gasteiger partial charge in [0.25, 0.3) is 10.1 Å². The summed E-state index contributed by atoms with van der Waals surface area (Å²) in [4.78, 5) is 12.1. The van der Waals surface area contributed by atoms with Crippen molar-refractivity contribution < 1.29 is 22.5 Å². The van der Waals surface area contributed by atoms with Crippen LogP contribution in [0.25, 0.3) is 11.3 Å². The van der Waals surface area contributed by atoms with Gasteiger partial charge in [-0.05, 0) is 18.6 Å². The molecular weight excluding hydrogens is 368 g/mol. The summed E-state index contributed by atoms with van der Waals surface area (Å²) in [5.74, 6) is -0.509. The number of rotatable bonds is 6. The Morgan fingerprint density at radius 3 is 2.44 bits per heavy atom. The Kier molecular flexibility index (Phi) is 5.38. The van der Waals surface area contributed by atoms with Crippen molar-refractivity contribution in [3.8, 4) is 11.3 Å². The van der Waals surface area contributed by atoms with Crippen LogP contribution in [0.3, 0.4) is 0 Å². The Bertz CT molecular complexity index is 1060. The molecule has 8 heteroatoms. The van der Waals surface area contributed by atoms with E-state index in [0.29, 0.717) is 11.3 Å². The first-order valence-electron chi connectivity index (χ1n) is 8.25. The summed E-state index contributed by atoms with van der Waals surface area (Å²) in [6.45, 7) is 2.01. The van der Waals surface area contributed by atoms with Crippen molar-refractivity contribution in [2.75, 3.05) is 6.61 Å². The molecule has 0 saturated heterocycles. The zero-order valence-corrected chi connectivity index (χ0v) is 15.4. The summed E-state index contributed by atoms with van der Waals surface area (Å²) in [6.07, 6.45) is 1.51. The second-order valence-electron chi connectivity index (χ2n) is 5.76. The fourth-order valence-electron chi connectivity index (χ4n) is 2.73. The first kappa shape index (κ1) is 18.8. The summed E-state index contributed by atoms with van der Waals surface area (Å²) < 4.78 is 39.1. The molecular formula is C19H18N2O5S. The lowest BCUT2D eigenvalue weighted by atomic mass is 10.1. The molecule has 3 rings (SSSR count). The van der Waals surface area contributed by atoms with Gasteiger partial charge in [-0.2, -0.15) is 13.5 Å². The van der Waals surface area contributed by atoms with Crippen molar-refractivity contribution >= 4 is 16.1 Å². The van der Waals surface area contributed by atoms with Gasteiger partial charge in [0.2, 0.25) is 0 Å². The maximum atomic E-state index is 12.3. The third-order valence-electron chi connectivity index (χ3n) is 3.89. The van der Waals surface area contributed by atoms with Crippen LogP contribution in [0.2, 0.25) is 0 Å². The van der Waals surface area contributed by atoms with Gasteiger partial charge >= 0.3 is 5.97 Å². The van der Waals surface area contributed by atoms with Crippen molar-refractivity contribution in [3.63, 3.8) is 0 Å². The minimum Gasteiger partial charge on any atom is -0.462 e. The first-order chi connectivity index (χ1) is 12.9. The summed E-state index contributed by atoms with van der Waals surface area (Å²) in [6, 6.07) is 15.2. The van der Waals surface area contributed by atoms with Crippen LogP contribution in [0, 0.1) is 0 Å². The second kappa shape index (κ2) is 7.73. The van der Waals surface area contributed by atoms with Gasteiger partial charge in [0.05, 0.1) is 18.0 Å². The van der Waals surface area contributed by atoms with E-state index in [2.05, 4.69) is 5.10 Å². The van der Waals surface area contributed by atoms with E-state index in [1.165, 1.54) is 23.0 Å². The average molecular weight is 386 g/mol. The van der Waals surface area contributed by atoms with Crippen LogP contribution in [-0.4, -0.2) is 35.3 Å². The third kappa shape index (κ3) is 4.24. The van der Waals surface area contributed by atoms with Gasteiger partial charge in [0.1, 0.15) is 11.3 Å². The predicted octanol–water partition coefficient (Wildman–Crippen LogP) is 3.02. The Balaban J connectivity index is 2.05. The van der Waals surface area contributed by atoms with Crippen LogP contribution in [0.15, 0.2) is 65.7 Å². The molecule has 0 radical (unpaired) electrons. The van der Waals surface area contributed by atoms with Gasteiger partial charge in [-0.3, -0.25) is 9.23 Å². The lowest BCUT2D eigenvalue weighted by molar-refractivity contribution is 0.0527. The molecule has 0 aliphatic heterocycles. The highest BCUT2D eigenvalue weighted by molar-refractivity contribution is 7.85. The second-order valence-corrected chi connectivity index (χ2v) is 7.15. The highest BCUT2D eigenvalue weighted by Gasteiger charge is 2.20. The van der Waals surface area contributed by atoms with E-state index in [1.54, 1.807) is 19.1 Å². The molecule has 1 heterocycles. The van der Waals surface area contributed by atoms with Gasteiger partial charge in [-0.15, -0.1) is 0 Å². The zero-order valence-electron chi connectivity index (χ0n) is 14.6. The standard InChI is InChI=1S/C19H18N2O5S/c1-2-26-19(22)16-13-21(20-18(16)14-8-4-3-5-9-14)12-15-10-6-7-11-17(15)27(23,24)25/h3-11,13H,2,12H2,1H3,(H,23,24,25). The minimum absolute atomic E-state index is 0.0647. The van der Waals surface area contributed by atoms with Gasteiger partial charge in [0, 0.05) is 11.8 Å². The third-order valence-corrected chi connectivity index (χ3v) is 4.84. The molecule has 0 amide bonds. The van der Waals surface area contributed by atoms with Crippen molar-refractivity contribution in [2.24, 2.45) is 0 Å². The van der Waals surface area contributed by atoms with Crippen LogP contribution < -0.4 is 0 Å². The van der Waals surface area contributed by atoms with Crippen molar-refractivity contribution in [3.05, 3.63) is 71.9 Å². The first-order valence-corrected chi connectivity index (χ1v) is 9.69. The van der Waals surface area contributed by atoms with E-state index in [4.69, 9.17) is 4.74 Å². The molecule has 7 nitrogen and oxygen atoms in total. The molecule has 0 aliphatic rings. The Morgan fingerprint density at radius 1 is 1.11 bits per heavy atom. The van der Waals surface area contributed by atoms with Gasteiger partial charge in [-0.25, -0.2) is 4.79 Å². The minimum atomic E-state index is -4.37. The number of hydrogen-bond acceptors (Lipinski definition) is 5. The molecule has 27 heavy (non-hydrogen) atoms. The number of esters is 1. The summed E-state index contributed by atoms with van der Waals surface area (Å²) in [5, 5.41) is 4.44. The highest BCUT2D eigenvalue weighted by Crippen LogP contribution is 2.24. The van der Waals surface area contributed by atoms with Crippen molar-refractivity contribution in [1.82, 2.24) is 9.78 Å². The van der Waals surface area contributed by atoms with Gasteiger partial charge < -0.3 is 4.74 Å². The van der Waals surface area contributed by atoms with E-state index >= 15 is 0 Å². The molecule has 3 aromatic rings. The molecule has 1 N–H and O–H groups in total. The van der Waals surface area contributed by atoms with Crippen LogP contribution in [0.4, 0.5) is 0 Å². The van der Waals surface area contributed by atoms with Gasteiger partial charge in [0.15, 0.2) is 0 Å². The number of carbonyl (C=O) groups is 1. The molecule has 0 aliphatic carbocycles. The van der Waals surface area contributed by atoms with E-state index in [-0.39, 0.29) is 23.6 Å². The molecule has 0 atom stereocenters. The van der Waals surface area contributed by atoms with Crippen LogP contribution >= 0.6 is 0 Å². The maximum Gasteiger partial charge on any atom is 0.341 e. The Morgan fingerprint density at radius 2 is 1.78 bits per heavy atom. The largest absolute Gasteiger partial charge is 0.462 e.